The van der Waals surface area contributed by atoms with Crippen LogP contribution in [0.3, 0.4) is 0 Å². The fourth-order valence-electron chi connectivity index (χ4n) is 1.72. The van der Waals surface area contributed by atoms with Crippen molar-refractivity contribution in [2.75, 3.05) is 0 Å². The van der Waals surface area contributed by atoms with Crippen LogP contribution in [0.5, 0.6) is 0 Å². The maximum atomic E-state index is 5.42. The van der Waals surface area contributed by atoms with Gasteiger partial charge in [0.05, 0.1) is 23.5 Å². The fourth-order valence-corrected chi connectivity index (χ4v) is 1.72. The van der Waals surface area contributed by atoms with Gasteiger partial charge in [-0.1, -0.05) is 12.0 Å². The van der Waals surface area contributed by atoms with Crippen LogP contribution in [0.15, 0.2) is 43.0 Å². The fraction of sp³-hybridized carbons (Fsp3) is 0. The molecular weight excluding hydrogens is 212 g/mol. The number of nitrogens with zero attached hydrogens (tertiary/aromatic N) is 4. The second-order valence-corrected chi connectivity index (χ2v) is 3.51. The predicted octanol–water partition coefficient (Wildman–Crippen LogP) is 1.80. The molecule has 0 radical (unpaired) electrons. The number of pyridine rings is 2. The first kappa shape index (κ1) is 9.55. The molecule has 0 amide bonds. The molecule has 0 aliphatic rings. The summed E-state index contributed by atoms with van der Waals surface area (Å²) in [6, 6.07) is 5.66. The van der Waals surface area contributed by atoms with Gasteiger partial charge in [0.15, 0.2) is 5.82 Å². The van der Waals surface area contributed by atoms with Gasteiger partial charge >= 0.3 is 0 Å². The third-order valence-corrected chi connectivity index (χ3v) is 2.52. The molecule has 0 N–H and O–H groups in total. The van der Waals surface area contributed by atoms with Crippen molar-refractivity contribution < 1.29 is 0 Å². The summed E-state index contributed by atoms with van der Waals surface area (Å²) < 4.78 is 1.73. The molecule has 4 heteroatoms. The van der Waals surface area contributed by atoms with Gasteiger partial charge in [-0.3, -0.25) is 4.98 Å². The average molecular weight is 220 g/mol. The largest absolute Gasteiger partial charge is 0.261 e. The topological polar surface area (TPSA) is 43.6 Å². The molecule has 0 aromatic carbocycles. The molecule has 0 aliphatic heterocycles. The van der Waals surface area contributed by atoms with E-state index in [9.17, 15) is 0 Å². The Morgan fingerprint density at radius 3 is 2.88 bits per heavy atom. The number of fused-ring (bicyclic) bond motifs is 1. The van der Waals surface area contributed by atoms with Gasteiger partial charge < -0.3 is 0 Å². The molecule has 3 heterocycles. The van der Waals surface area contributed by atoms with Crippen molar-refractivity contribution in [1.82, 2.24) is 19.7 Å². The second kappa shape index (κ2) is 3.72. The highest BCUT2D eigenvalue weighted by atomic mass is 15.3. The zero-order valence-electron chi connectivity index (χ0n) is 8.91. The summed E-state index contributed by atoms with van der Waals surface area (Å²) in [6.45, 7) is 0. The Labute approximate surface area is 97.9 Å². The van der Waals surface area contributed by atoms with Crippen LogP contribution in [-0.2, 0) is 0 Å². The number of hydrogen-bond donors (Lipinski definition) is 0. The highest BCUT2D eigenvalue weighted by Crippen LogP contribution is 2.18. The minimum atomic E-state index is 0.740. The molecule has 4 nitrogen and oxygen atoms in total. The van der Waals surface area contributed by atoms with Crippen LogP contribution in [0.4, 0.5) is 0 Å². The number of rotatable bonds is 1. The third-order valence-electron chi connectivity index (χ3n) is 2.52. The Kier molecular flexibility index (Phi) is 2.09. The molecule has 0 fully saturated rings. The van der Waals surface area contributed by atoms with Crippen molar-refractivity contribution in [1.29, 1.82) is 0 Å². The van der Waals surface area contributed by atoms with E-state index in [-0.39, 0.29) is 0 Å². The van der Waals surface area contributed by atoms with Gasteiger partial charge in [0.2, 0.25) is 0 Å². The van der Waals surface area contributed by atoms with E-state index >= 15 is 0 Å². The maximum absolute atomic E-state index is 5.42. The molecular formula is C13H8N4. The van der Waals surface area contributed by atoms with Crippen molar-refractivity contribution in [2.45, 2.75) is 0 Å². The molecule has 3 rings (SSSR count). The highest BCUT2D eigenvalue weighted by Gasteiger charge is 2.08. The molecule has 17 heavy (non-hydrogen) atoms. The minimum absolute atomic E-state index is 0.740. The summed E-state index contributed by atoms with van der Waals surface area (Å²) in [5, 5.41) is 5.20. The lowest BCUT2D eigenvalue weighted by Gasteiger charge is -2.01. The van der Waals surface area contributed by atoms with Crippen LogP contribution in [0.2, 0.25) is 0 Å². The molecule has 0 atom stereocenters. The lowest BCUT2D eigenvalue weighted by atomic mass is 10.2. The molecule has 0 unspecified atom stereocenters. The van der Waals surface area contributed by atoms with Crippen molar-refractivity contribution in [3.63, 3.8) is 0 Å². The first-order valence-corrected chi connectivity index (χ1v) is 5.10. The van der Waals surface area contributed by atoms with E-state index in [1.165, 1.54) is 0 Å². The van der Waals surface area contributed by atoms with Crippen molar-refractivity contribution in [3.05, 3.63) is 48.5 Å². The zero-order valence-corrected chi connectivity index (χ0v) is 8.91. The number of terminal acetylenes is 1. The van der Waals surface area contributed by atoms with Crippen LogP contribution in [0.25, 0.3) is 16.7 Å². The van der Waals surface area contributed by atoms with E-state index < -0.39 is 0 Å². The summed E-state index contributed by atoms with van der Waals surface area (Å²) in [4.78, 5) is 8.36. The quantitative estimate of drug-likeness (QED) is 0.587. The van der Waals surface area contributed by atoms with E-state index in [0.29, 0.717) is 0 Å². The number of hydrogen-bond acceptors (Lipinski definition) is 3. The van der Waals surface area contributed by atoms with Crippen molar-refractivity contribution in [3.8, 4) is 18.2 Å². The Bertz CT molecular complexity index is 707. The van der Waals surface area contributed by atoms with Gasteiger partial charge in [-0.2, -0.15) is 5.10 Å². The van der Waals surface area contributed by atoms with Crippen LogP contribution in [0, 0.1) is 12.3 Å². The first-order valence-electron chi connectivity index (χ1n) is 5.10. The third kappa shape index (κ3) is 1.45. The molecule has 0 aliphatic carbocycles. The maximum Gasteiger partial charge on any atom is 0.154 e. The molecule has 0 saturated carbocycles. The van der Waals surface area contributed by atoms with Crippen LogP contribution >= 0.6 is 0 Å². The van der Waals surface area contributed by atoms with E-state index in [4.69, 9.17) is 6.42 Å². The minimum Gasteiger partial charge on any atom is -0.261 e. The van der Waals surface area contributed by atoms with Gasteiger partial charge in [0.1, 0.15) is 0 Å². The zero-order chi connectivity index (χ0) is 11.7. The highest BCUT2D eigenvalue weighted by molar-refractivity contribution is 5.84. The van der Waals surface area contributed by atoms with Crippen molar-refractivity contribution >= 4 is 10.9 Å². The van der Waals surface area contributed by atoms with Crippen LogP contribution < -0.4 is 0 Å². The van der Waals surface area contributed by atoms with E-state index in [0.717, 1.165) is 22.3 Å². The van der Waals surface area contributed by atoms with E-state index in [1.54, 1.807) is 29.5 Å². The van der Waals surface area contributed by atoms with Gasteiger partial charge in [-0.25, -0.2) is 9.67 Å². The Morgan fingerprint density at radius 1 is 1.18 bits per heavy atom. The summed E-state index contributed by atoms with van der Waals surface area (Å²) in [5.41, 5.74) is 1.60. The Hall–Kier alpha value is -2.67. The Morgan fingerprint density at radius 2 is 2.12 bits per heavy atom. The SMILES string of the molecule is C#Cc1cncc2c1cnn2-c1ccccn1. The first-order chi connectivity index (χ1) is 8.40. The normalized spacial score (nSPS) is 10.3. The molecule has 3 aromatic heterocycles. The summed E-state index contributed by atoms with van der Waals surface area (Å²) >= 11 is 0. The molecule has 3 aromatic rings. The van der Waals surface area contributed by atoms with Gasteiger partial charge in [0.25, 0.3) is 0 Å². The van der Waals surface area contributed by atoms with Crippen LogP contribution in [0.1, 0.15) is 5.56 Å². The van der Waals surface area contributed by atoms with Gasteiger partial charge in [-0.15, -0.1) is 6.42 Å². The predicted molar refractivity (Wildman–Crippen MR) is 64.6 cm³/mol. The van der Waals surface area contributed by atoms with Gasteiger partial charge in [-0.05, 0) is 12.1 Å². The van der Waals surface area contributed by atoms with Crippen molar-refractivity contribution in [2.24, 2.45) is 0 Å². The lowest BCUT2D eigenvalue weighted by molar-refractivity contribution is 0.873. The number of aromatic nitrogens is 4. The summed E-state index contributed by atoms with van der Waals surface area (Å²) in [7, 11) is 0. The second-order valence-electron chi connectivity index (χ2n) is 3.51. The summed E-state index contributed by atoms with van der Waals surface area (Å²) in [6.07, 6.45) is 12.3. The monoisotopic (exact) mass is 220 g/mol. The average Bonchev–Trinajstić information content (AvgIpc) is 2.83. The summed E-state index contributed by atoms with van der Waals surface area (Å²) in [5.74, 6) is 3.35. The van der Waals surface area contributed by atoms with E-state index in [1.807, 2.05) is 18.2 Å². The van der Waals surface area contributed by atoms with E-state index in [2.05, 4.69) is 21.0 Å². The smallest absolute Gasteiger partial charge is 0.154 e. The molecule has 80 valence electrons. The van der Waals surface area contributed by atoms with Gasteiger partial charge in [0, 0.05) is 17.8 Å². The standard InChI is InChI=1S/C13H8N4/c1-2-10-7-14-9-12-11(10)8-16-17(12)13-5-3-4-6-15-13/h1,3-9H. The lowest BCUT2D eigenvalue weighted by Crippen LogP contribution is -1.98. The Balaban J connectivity index is 2.31. The molecule has 0 saturated heterocycles. The molecule has 0 spiro atoms. The van der Waals surface area contributed by atoms with Crippen LogP contribution in [-0.4, -0.2) is 19.7 Å². The molecule has 0 bridgehead atoms.